The van der Waals surface area contributed by atoms with E-state index in [1.165, 1.54) is 0 Å². The third-order valence-electron chi connectivity index (χ3n) is 3.11. The average molecular weight is 337 g/mol. The lowest BCUT2D eigenvalue weighted by atomic mass is 10.1. The summed E-state index contributed by atoms with van der Waals surface area (Å²) in [6.07, 6.45) is 0. The number of hydrogen-bond donors (Lipinski definition) is 1. The SMILES string of the molecule is CCOC(=O)C(NC(=O)COc1c(C)cccc1C)C(=O)OCC. The van der Waals surface area contributed by atoms with Gasteiger partial charge in [-0.25, -0.2) is 9.59 Å². The molecule has 1 aromatic rings. The van der Waals surface area contributed by atoms with E-state index in [2.05, 4.69) is 5.32 Å². The average Bonchev–Trinajstić information content (AvgIpc) is 2.52. The predicted molar refractivity (Wildman–Crippen MR) is 86.6 cm³/mol. The lowest BCUT2D eigenvalue weighted by Crippen LogP contribution is -2.49. The van der Waals surface area contributed by atoms with Gasteiger partial charge in [0.1, 0.15) is 5.75 Å². The highest BCUT2D eigenvalue weighted by molar-refractivity contribution is 6.02. The standard InChI is InChI=1S/C17H23NO6/c1-5-22-16(20)14(17(21)23-6-2)18-13(19)10-24-15-11(3)8-7-9-12(15)4/h7-9,14H,5-6,10H2,1-4H3,(H,18,19). The van der Waals surface area contributed by atoms with Crippen molar-refractivity contribution in [3.05, 3.63) is 29.3 Å². The molecular formula is C17H23NO6. The van der Waals surface area contributed by atoms with Gasteiger partial charge in [0.05, 0.1) is 13.2 Å². The summed E-state index contributed by atoms with van der Waals surface area (Å²) < 4.78 is 15.0. The number of ether oxygens (including phenoxy) is 3. The van der Waals surface area contributed by atoms with E-state index in [4.69, 9.17) is 14.2 Å². The minimum absolute atomic E-state index is 0.0868. The maximum Gasteiger partial charge on any atom is 0.340 e. The van der Waals surface area contributed by atoms with Crippen molar-refractivity contribution in [1.82, 2.24) is 5.32 Å². The van der Waals surface area contributed by atoms with Gasteiger partial charge in [-0.15, -0.1) is 0 Å². The van der Waals surface area contributed by atoms with E-state index >= 15 is 0 Å². The summed E-state index contributed by atoms with van der Waals surface area (Å²) in [5, 5.41) is 2.28. The first-order chi connectivity index (χ1) is 11.4. The third kappa shape index (κ3) is 5.57. The molecule has 0 unspecified atom stereocenters. The molecule has 1 N–H and O–H groups in total. The molecule has 0 spiro atoms. The van der Waals surface area contributed by atoms with Gasteiger partial charge in [-0.1, -0.05) is 18.2 Å². The summed E-state index contributed by atoms with van der Waals surface area (Å²) in [6, 6.07) is 4.11. The molecule has 1 rings (SSSR count). The molecule has 7 nitrogen and oxygen atoms in total. The Morgan fingerprint density at radius 2 is 1.50 bits per heavy atom. The maximum absolute atomic E-state index is 12.0. The quantitative estimate of drug-likeness (QED) is 0.568. The highest BCUT2D eigenvalue weighted by Crippen LogP contribution is 2.21. The molecule has 0 aromatic heterocycles. The van der Waals surface area contributed by atoms with Gasteiger partial charge in [-0.2, -0.15) is 0 Å². The molecule has 0 saturated carbocycles. The molecule has 0 bridgehead atoms. The Morgan fingerprint density at radius 3 is 1.96 bits per heavy atom. The Bertz CT molecular complexity index is 560. The molecule has 0 aliphatic carbocycles. The summed E-state index contributed by atoms with van der Waals surface area (Å²) in [6.45, 7) is 6.77. The van der Waals surface area contributed by atoms with Crippen molar-refractivity contribution >= 4 is 17.8 Å². The van der Waals surface area contributed by atoms with Crippen molar-refractivity contribution in [3.63, 3.8) is 0 Å². The monoisotopic (exact) mass is 337 g/mol. The van der Waals surface area contributed by atoms with Crippen LogP contribution in [-0.2, 0) is 23.9 Å². The van der Waals surface area contributed by atoms with Crippen molar-refractivity contribution < 1.29 is 28.6 Å². The lowest BCUT2D eigenvalue weighted by molar-refractivity contribution is -0.159. The molecule has 132 valence electrons. The second kappa shape index (κ2) is 9.54. The van der Waals surface area contributed by atoms with E-state index in [-0.39, 0.29) is 19.8 Å². The van der Waals surface area contributed by atoms with Crippen LogP contribution in [0.2, 0.25) is 0 Å². The first kappa shape index (κ1) is 19.5. The van der Waals surface area contributed by atoms with Crippen LogP contribution < -0.4 is 10.1 Å². The van der Waals surface area contributed by atoms with Crippen LogP contribution >= 0.6 is 0 Å². The Labute approximate surface area is 141 Å². The predicted octanol–water partition coefficient (Wildman–Crippen LogP) is 1.29. The van der Waals surface area contributed by atoms with Crippen molar-refractivity contribution in [2.75, 3.05) is 19.8 Å². The van der Waals surface area contributed by atoms with Crippen LogP contribution in [0, 0.1) is 13.8 Å². The molecule has 0 saturated heterocycles. The van der Waals surface area contributed by atoms with Gasteiger partial charge in [-0.3, -0.25) is 4.79 Å². The molecule has 0 radical (unpaired) electrons. The van der Waals surface area contributed by atoms with Crippen LogP contribution in [-0.4, -0.2) is 43.7 Å². The number of aryl methyl sites for hydroxylation is 2. The number of carbonyl (C=O) groups excluding carboxylic acids is 3. The molecule has 0 atom stereocenters. The molecule has 0 fully saturated rings. The Kier molecular flexibility index (Phi) is 7.74. The van der Waals surface area contributed by atoms with Crippen molar-refractivity contribution in [2.45, 2.75) is 33.7 Å². The summed E-state index contributed by atoms with van der Waals surface area (Å²) in [4.78, 5) is 35.6. The van der Waals surface area contributed by atoms with E-state index < -0.39 is 23.9 Å². The topological polar surface area (TPSA) is 90.9 Å². The summed E-state index contributed by atoms with van der Waals surface area (Å²) >= 11 is 0. The highest BCUT2D eigenvalue weighted by Gasteiger charge is 2.31. The van der Waals surface area contributed by atoms with Gasteiger partial charge in [0.25, 0.3) is 5.91 Å². The number of amides is 1. The van der Waals surface area contributed by atoms with Crippen molar-refractivity contribution in [1.29, 1.82) is 0 Å². The fourth-order valence-corrected chi connectivity index (χ4v) is 2.03. The fraction of sp³-hybridized carbons (Fsp3) is 0.471. The molecule has 24 heavy (non-hydrogen) atoms. The van der Waals surface area contributed by atoms with Crippen LogP contribution in [0.3, 0.4) is 0 Å². The van der Waals surface area contributed by atoms with E-state index in [9.17, 15) is 14.4 Å². The molecule has 0 aliphatic rings. The minimum atomic E-state index is -1.50. The Morgan fingerprint density at radius 1 is 1.00 bits per heavy atom. The minimum Gasteiger partial charge on any atom is -0.483 e. The van der Waals surface area contributed by atoms with Crippen molar-refractivity contribution in [3.8, 4) is 5.75 Å². The summed E-state index contributed by atoms with van der Waals surface area (Å²) in [5.74, 6) is -1.76. The normalized spacial score (nSPS) is 10.2. The highest BCUT2D eigenvalue weighted by atomic mass is 16.6. The largest absolute Gasteiger partial charge is 0.483 e. The Balaban J connectivity index is 2.71. The van der Waals surface area contributed by atoms with E-state index in [0.29, 0.717) is 5.75 Å². The van der Waals surface area contributed by atoms with Crippen LogP contribution in [0.5, 0.6) is 5.75 Å². The third-order valence-corrected chi connectivity index (χ3v) is 3.11. The van der Waals surface area contributed by atoms with E-state index in [0.717, 1.165) is 11.1 Å². The van der Waals surface area contributed by atoms with Gasteiger partial charge in [0.15, 0.2) is 6.61 Å². The first-order valence-electron chi connectivity index (χ1n) is 7.72. The molecule has 1 amide bonds. The molecule has 7 heteroatoms. The fourth-order valence-electron chi connectivity index (χ4n) is 2.03. The summed E-state index contributed by atoms with van der Waals surface area (Å²) in [7, 11) is 0. The van der Waals surface area contributed by atoms with Gasteiger partial charge in [0, 0.05) is 0 Å². The van der Waals surface area contributed by atoms with Gasteiger partial charge >= 0.3 is 11.9 Å². The summed E-state index contributed by atoms with van der Waals surface area (Å²) in [5.41, 5.74) is 1.77. The van der Waals surface area contributed by atoms with Gasteiger partial charge in [0.2, 0.25) is 6.04 Å². The molecule has 1 aromatic carbocycles. The van der Waals surface area contributed by atoms with Crippen LogP contribution in [0.25, 0.3) is 0 Å². The number of rotatable bonds is 8. The number of hydrogen-bond acceptors (Lipinski definition) is 6. The lowest BCUT2D eigenvalue weighted by Gasteiger charge is -2.17. The van der Waals surface area contributed by atoms with Crippen molar-refractivity contribution in [2.24, 2.45) is 0 Å². The van der Waals surface area contributed by atoms with E-state index in [1.54, 1.807) is 13.8 Å². The van der Waals surface area contributed by atoms with Crippen LogP contribution in [0.1, 0.15) is 25.0 Å². The second-order valence-corrected chi connectivity index (χ2v) is 5.01. The van der Waals surface area contributed by atoms with E-state index in [1.807, 2.05) is 32.0 Å². The number of carbonyl (C=O) groups is 3. The first-order valence-corrected chi connectivity index (χ1v) is 7.72. The smallest absolute Gasteiger partial charge is 0.340 e. The van der Waals surface area contributed by atoms with Crippen LogP contribution in [0.15, 0.2) is 18.2 Å². The number of esters is 2. The van der Waals surface area contributed by atoms with Gasteiger partial charge < -0.3 is 19.5 Å². The zero-order valence-electron chi connectivity index (χ0n) is 14.4. The molecule has 0 aliphatic heterocycles. The molecule has 0 heterocycles. The maximum atomic E-state index is 12.0. The van der Waals surface area contributed by atoms with Gasteiger partial charge in [-0.05, 0) is 38.8 Å². The zero-order valence-corrected chi connectivity index (χ0v) is 14.4. The zero-order chi connectivity index (χ0) is 18.1. The number of nitrogens with one attached hydrogen (secondary N) is 1. The second-order valence-electron chi connectivity index (χ2n) is 5.01. The van der Waals surface area contributed by atoms with Crippen LogP contribution in [0.4, 0.5) is 0 Å². The Hall–Kier alpha value is -2.57. The number of benzene rings is 1. The number of para-hydroxylation sites is 1. The molecular weight excluding hydrogens is 314 g/mol.